The minimum atomic E-state index is -0.139. The highest BCUT2D eigenvalue weighted by Crippen LogP contribution is 2.07. The molecule has 0 fully saturated rings. The van der Waals surface area contributed by atoms with E-state index < -0.39 is 0 Å². The first-order chi connectivity index (χ1) is 4.34. The number of rotatable bonds is 1. The maximum Gasteiger partial charge on any atom is 0.255 e. The topological polar surface area (TPSA) is 41.5 Å². The van der Waals surface area contributed by atoms with E-state index in [1.165, 1.54) is 0 Å². The average Bonchev–Trinajstić information content (AvgIpc) is 2.37. The summed E-state index contributed by atoms with van der Waals surface area (Å²) >= 11 is 0. The fourth-order valence-corrected chi connectivity index (χ4v) is 0.563. The first-order valence-corrected chi connectivity index (χ1v) is 2.64. The lowest BCUT2D eigenvalue weighted by Crippen LogP contribution is -2.22. The lowest BCUT2D eigenvalue weighted by molar-refractivity contribution is -0.118. The Morgan fingerprint density at radius 2 is 2.56 bits per heavy atom. The fourth-order valence-electron chi connectivity index (χ4n) is 0.563. The average molecular weight is 123 g/mol. The lowest BCUT2D eigenvalue weighted by Gasteiger charge is -1.98. The molecule has 0 atom stereocenters. The number of carbonyl (C=O) groups excluding carboxylic acids is 1. The predicted octanol–water partition coefficient (Wildman–Crippen LogP) is -0.0950. The van der Waals surface area contributed by atoms with Crippen LogP contribution in [0.3, 0.4) is 0 Å². The van der Waals surface area contributed by atoms with Gasteiger partial charge in [-0.15, -0.1) is 0 Å². The Morgan fingerprint density at radius 1 is 1.78 bits per heavy atom. The van der Waals surface area contributed by atoms with Crippen LogP contribution in [0, 0.1) is 6.04 Å². The molecule has 1 rings (SSSR count). The van der Waals surface area contributed by atoms with E-state index in [1.807, 2.05) is 0 Å². The van der Waals surface area contributed by atoms with Crippen molar-refractivity contribution >= 4 is 12.1 Å². The van der Waals surface area contributed by atoms with Gasteiger partial charge in [0.05, 0.1) is 0 Å². The van der Waals surface area contributed by atoms with Gasteiger partial charge in [0, 0.05) is 13.3 Å². The van der Waals surface area contributed by atoms with E-state index >= 15 is 0 Å². The van der Waals surface area contributed by atoms with Crippen LogP contribution in [-0.2, 0) is 4.79 Å². The minimum absolute atomic E-state index is 0.139. The number of hydrogen-bond donors (Lipinski definition) is 1. The van der Waals surface area contributed by atoms with E-state index in [2.05, 4.69) is 10.3 Å². The molecule has 0 spiro atoms. The van der Waals surface area contributed by atoms with Gasteiger partial charge in [-0.3, -0.25) is 9.79 Å². The van der Waals surface area contributed by atoms with Crippen LogP contribution in [0.15, 0.2) is 17.1 Å². The monoisotopic (exact) mass is 123 g/mol. The molecule has 9 heavy (non-hydrogen) atoms. The van der Waals surface area contributed by atoms with Gasteiger partial charge < -0.3 is 5.32 Å². The largest absolute Gasteiger partial charge is 0.357 e. The van der Waals surface area contributed by atoms with Crippen LogP contribution in [0.25, 0.3) is 0 Å². The normalized spacial score (nSPS) is 16.6. The number of allylic oxidation sites excluding steroid dienone is 1. The third kappa shape index (κ3) is 1.16. The van der Waals surface area contributed by atoms with E-state index in [-0.39, 0.29) is 5.91 Å². The van der Waals surface area contributed by atoms with Crippen LogP contribution in [-0.4, -0.2) is 19.2 Å². The van der Waals surface area contributed by atoms with E-state index in [0.717, 1.165) is 0 Å². The quantitative estimate of drug-likeness (QED) is 0.520. The second kappa shape index (κ2) is 2.44. The summed E-state index contributed by atoms with van der Waals surface area (Å²) in [5.74, 6) is -0.139. The summed E-state index contributed by atoms with van der Waals surface area (Å²) < 4.78 is 0. The molecule has 1 aliphatic rings. The molecule has 1 amide bonds. The first kappa shape index (κ1) is 6.01. The Bertz CT molecular complexity index is 160. The number of aliphatic imine (C=N–C) groups is 1. The standard InChI is InChI=1S/C6H7N2O/c1-7-6(9)5-3-2-4-8-5/h2-4H,1H3,(H,7,9). The lowest BCUT2D eigenvalue weighted by atomic mass is 10.3. The highest BCUT2D eigenvalue weighted by Gasteiger charge is 2.14. The molecule has 0 unspecified atom stereocenters. The van der Waals surface area contributed by atoms with Crippen molar-refractivity contribution in [3.63, 3.8) is 0 Å². The van der Waals surface area contributed by atoms with Crippen molar-refractivity contribution in [2.75, 3.05) is 7.05 Å². The van der Waals surface area contributed by atoms with Gasteiger partial charge in [-0.05, 0) is 12.2 Å². The van der Waals surface area contributed by atoms with Gasteiger partial charge in [-0.2, -0.15) is 0 Å². The summed E-state index contributed by atoms with van der Waals surface area (Å²) in [5.41, 5.74) is 0. The molecule has 0 aromatic rings. The molecule has 3 heteroatoms. The van der Waals surface area contributed by atoms with Crippen LogP contribution in [0.5, 0.6) is 0 Å². The van der Waals surface area contributed by atoms with Crippen LogP contribution in [0.4, 0.5) is 0 Å². The van der Waals surface area contributed by atoms with Crippen LogP contribution >= 0.6 is 0 Å². The first-order valence-electron chi connectivity index (χ1n) is 2.64. The molecule has 0 bridgehead atoms. The summed E-state index contributed by atoms with van der Waals surface area (Å²) in [6, 6.07) is 0.470. The second-order valence-electron chi connectivity index (χ2n) is 1.60. The van der Waals surface area contributed by atoms with Crippen molar-refractivity contribution < 1.29 is 4.79 Å². The molecule has 1 N–H and O–H groups in total. The Labute approximate surface area is 53.5 Å². The SMILES string of the molecule is CNC(=O)[C]1C=CC=N1. The van der Waals surface area contributed by atoms with E-state index in [1.54, 1.807) is 25.4 Å². The Hall–Kier alpha value is -1.12. The van der Waals surface area contributed by atoms with E-state index in [0.29, 0.717) is 6.04 Å². The molecule has 0 saturated carbocycles. The molecule has 3 nitrogen and oxygen atoms in total. The molecule has 47 valence electrons. The van der Waals surface area contributed by atoms with Crippen molar-refractivity contribution in [2.45, 2.75) is 0 Å². The number of nitrogens with one attached hydrogen (secondary N) is 1. The number of amides is 1. The molecule has 0 aliphatic carbocycles. The highest BCUT2D eigenvalue weighted by molar-refractivity contribution is 5.97. The van der Waals surface area contributed by atoms with Crippen molar-refractivity contribution in [1.29, 1.82) is 0 Å². The number of hydrogen-bond acceptors (Lipinski definition) is 2. The van der Waals surface area contributed by atoms with E-state index in [4.69, 9.17) is 0 Å². The third-order valence-corrected chi connectivity index (χ3v) is 1.01. The molecule has 1 aliphatic heterocycles. The molecular weight excluding hydrogens is 116 g/mol. The van der Waals surface area contributed by atoms with Gasteiger partial charge in [0.25, 0.3) is 5.91 Å². The Kier molecular flexibility index (Phi) is 1.63. The molecule has 0 aromatic heterocycles. The minimum Gasteiger partial charge on any atom is -0.357 e. The number of carbonyl (C=O) groups is 1. The number of nitrogens with zero attached hydrogens (tertiary/aromatic N) is 1. The van der Waals surface area contributed by atoms with Gasteiger partial charge in [-0.25, -0.2) is 0 Å². The highest BCUT2D eigenvalue weighted by atomic mass is 16.2. The zero-order valence-corrected chi connectivity index (χ0v) is 5.09. The van der Waals surface area contributed by atoms with Crippen LogP contribution < -0.4 is 5.32 Å². The fraction of sp³-hybridized carbons (Fsp3) is 0.167. The maximum atomic E-state index is 10.7. The number of likely N-dealkylation sites (N-methyl/N-ethyl adjacent to an activating group) is 1. The predicted molar refractivity (Wildman–Crippen MR) is 34.9 cm³/mol. The summed E-state index contributed by atoms with van der Waals surface area (Å²) in [4.78, 5) is 14.5. The molecule has 1 heterocycles. The summed E-state index contributed by atoms with van der Waals surface area (Å²) in [5, 5.41) is 2.47. The van der Waals surface area contributed by atoms with Crippen molar-refractivity contribution in [1.82, 2.24) is 5.32 Å². The van der Waals surface area contributed by atoms with Crippen molar-refractivity contribution in [2.24, 2.45) is 4.99 Å². The molecule has 1 radical (unpaired) electrons. The van der Waals surface area contributed by atoms with Crippen LogP contribution in [0.2, 0.25) is 0 Å². The van der Waals surface area contributed by atoms with Gasteiger partial charge in [0.2, 0.25) is 0 Å². The zero-order valence-electron chi connectivity index (χ0n) is 5.09. The molecular formula is C6H7N2O. The summed E-state index contributed by atoms with van der Waals surface area (Å²) in [6.07, 6.45) is 4.98. The van der Waals surface area contributed by atoms with Crippen LogP contribution in [0.1, 0.15) is 0 Å². The van der Waals surface area contributed by atoms with E-state index in [9.17, 15) is 4.79 Å². The van der Waals surface area contributed by atoms with Gasteiger partial charge in [0.1, 0.15) is 0 Å². The maximum absolute atomic E-state index is 10.7. The summed E-state index contributed by atoms with van der Waals surface area (Å²) in [6.45, 7) is 0. The van der Waals surface area contributed by atoms with Gasteiger partial charge >= 0.3 is 0 Å². The Morgan fingerprint density at radius 3 is 3.00 bits per heavy atom. The van der Waals surface area contributed by atoms with Gasteiger partial charge in [-0.1, -0.05) is 0 Å². The van der Waals surface area contributed by atoms with Crippen molar-refractivity contribution in [3.8, 4) is 0 Å². The van der Waals surface area contributed by atoms with Crippen molar-refractivity contribution in [3.05, 3.63) is 18.2 Å². The van der Waals surface area contributed by atoms with Gasteiger partial charge in [0.15, 0.2) is 6.04 Å². The third-order valence-electron chi connectivity index (χ3n) is 1.01. The Balaban J connectivity index is 2.53. The second-order valence-corrected chi connectivity index (χ2v) is 1.60. The molecule has 0 saturated heterocycles. The molecule has 0 aromatic carbocycles. The zero-order chi connectivity index (χ0) is 6.69. The summed E-state index contributed by atoms with van der Waals surface area (Å²) in [7, 11) is 1.58. The smallest absolute Gasteiger partial charge is 0.255 e.